The number of aliphatic hydroxyl groups excluding tert-OH is 1. The van der Waals surface area contributed by atoms with Crippen LogP contribution in [0.25, 0.3) is 10.4 Å². The van der Waals surface area contributed by atoms with E-state index in [2.05, 4.69) is 4.98 Å². The number of carboxylic acid groups (broad SMARTS) is 1. The number of aliphatic hydroxyl groups is 1. The second kappa shape index (κ2) is 7.45. The third-order valence-electron chi connectivity index (χ3n) is 5.12. The Morgan fingerprint density at radius 2 is 2.10 bits per heavy atom. The van der Waals surface area contributed by atoms with E-state index in [1.165, 1.54) is 31.7 Å². The van der Waals surface area contributed by atoms with Gasteiger partial charge in [-0.2, -0.15) is 0 Å². The van der Waals surface area contributed by atoms with E-state index in [0.717, 1.165) is 20.5 Å². The van der Waals surface area contributed by atoms with Gasteiger partial charge in [-0.05, 0) is 18.9 Å². The average Bonchev–Trinajstić information content (AvgIpc) is 3.23. The Bertz CT molecular complexity index is 1150. The minimum absolute atomic E-state index is 0. The van der Waals surface area contributed by atoms with E-state index in [-0.39, 0.29) is 46.7 Å². The van der Waals surface area contributed by atoms with Crippen molar-refractivity contribution >= 4 is 43.6 Å². The summed E-state index contributed by atoms with van der Waals surface area (Å²) in [6.07, 6.45) is 2.29. The van der Waals surface area contributed by atoms with Crippen molar-refractivity contribution in [3.05, 3.63) is 23.1 Å². The van der Waals surface area contributed by atoms with Crippen LogP contribution in [0.1, 0.15) is 18.2 Å². The first-order valence-electron chi connectivity index (χ1n) is 8.40. The van der Waals surface area contributed by atoms with Gasteiger partial charge >= 0.3 is 29.6 Å². The number of carbonyl (C=O) groups excluding carboxylic acids is 2. The molecular formula is C16H17N4NaO6S2. The van der Waals surface area contributed by atoms with Crippen molar-refractivity contribution in [2.45, 2.75) is 30.5 Å². The van der Waals surface area contributed by atoms with Crippen LogP contribution in [-0.2, 0) is 19.6 Å². The van der Waals surface area contributed by atoms with Crippen LogP contribution in [0, 0.1) is 5.92 Å². The molecule has 0 radical (unpaired) electrons. The van der Waals surface area contributed by atoms with Crippen LogP contribution in [0.3, 0.4) is 0 Å². The topological polar surface area (TPSA) is 135 Å². The van der Waals surface area contributed by atoms with E-state index in [1.54, 1.807) is 6.20 Å². The van der Waals surface area contributed by atoms with Gasteiger partial charge in [0, 0.05) is 20.3 Å². The van der Waals surface area contributed by atoms with Crippen molar-refractivity contribution in [2.24, 2.45) is 5.92 Å². The summed E-state index contributed by atoms with van der Waals surface area (Å²) >= 11 is 1.08. The van der Waals surface area contributed by atoms with Gasteiger partial charge < -0.3 is 19.9 Å². The molecule has 2 aliphatic rings. The van der Waals surface area contributed by atoms with Crippen molar-refractivity contribution in [3.8, 4) is 0 Å². The fourth-order valence-corrected chi connectivity index (χ4v) is 6.06. The van der Waals surface area contributed by atoms with E-state index in [1.807, 2.05) is 0 Å². The molecule has 1 fully saturated rings. The molecule has 1 N–H and O–H groups in total. The molecule has 0 unspecified atom stereocenters. The molecule has 29 heavy (non-hydrogen) atoms. The van der Waals surface area contributed by atoms with Crippen molar-refractivity contribution in [2.75, 3.05) is 14.1 Å². The summed E-state index contributed by atoms with van der Waals surface area (Å²) < 4.78 is 27.5. The third-order valence-corrected chi connectivity index (χ3v) is 8.17. The summed E-state index contributed by atoms with van der Waals surface area (Å²) in [5, 5.41) is 21.4. The van der Waals surface area contributed by atoms with Crippen molar-refractivity contribution in [3.63, 3.8) is 0 Å². The number of imidazole rings is 1. The maximum absolute atomic E-state index is 12.4. The van der Waals surface area contributed by atoms with E-state index in [9.17, 15) is 28.2 Å². The zero-order chi connectivity index (χ0) is 20.5. The number of nitrogens with zero attached hydrogens (tertiary/aromatic N) is 4. The summed E-state index contributed by atoms with van der Waals surface area (Å²) in [6, 6.07) is -0.444. The first kappa shape index (κ1) is 22.4. The SMILES string of the molecule is C[C@@H](O)[C@H]1C(=O)N2C(C(=O)[O-])=C(c3cn4cnc(S(=O)(=O)N(C)C)c4s3)C[C@H]12.[Na+]. The zero-order valence-corrected chi connectivity index (χ0v) is 19.8. The summed E-state index contributed by atoms with van der Waals surface area (Å²) in [4.78, 5) is 30.0. The first-order chi connectivity index (χ1) is 13.1. The van der Waals surface area contributed by atoms with Crippen LogP contribution in [-0.4, -0.2) is 70.2 Å². The monoisotopic (exact) mass is 448 g/mol. The Balaban J connectivity index is 0.00000240. The number of carboxylic acids is 1. The third kappa shape index (κ3) is 3.17. The first-order valence-corrected chi connectivity index (χ1v) is 10.7. The molecule has 1 amide bonds. The van der Waals surface area contributed by atoms with Crippen LogP contribution < -0.4 is 34.7 Å². The Morgan fingerprint density at radius 3 is 2.66 bits per heavy atom. The van der Waals surface area contributed by atoms with Crippen LogP contribution in [0.15, 0.2) is 23.2 Å². The van der Waals surface area contributed by atoms with Crippen molar-refractivity contribution < 1.29 is 57.8 Å². The van der Waals surface area contributed by atoms with Crippen LogP contribution in [0.2, 0.25) is 0 Å². The summed E-state index contributed by atoms with van der Waals surface area (Å²) in [5.74, 6) is -2.59. The van der Waals surface area contributed by atoms with Gasteiger partial charge in [0.2, 0.25) is 10.9 Å². The molecule has 2 aromatic rings. The Hall–Kier alpha value is -1.28. The van der Waals surface area contributed by atoms with Gasteiger partial charge in [-0.15, -0.1) is 11.3 Å². The molecule has 0 spiro atoms. The fourth-order valence-electron chi connectivity index (χ4n) is 3.75. The Kier molecular flexibility index (Phi) is 5.75. The number of rotatable bonds is 5. The van der Waals surface area contributed by atoms with Crippen molar-refractivity contribution in [1.82, 2.24) is 18.6 Å². The normalized spacial score (nSPS) is 22.7. The number of fused-ring (bicyclic) bond motifs is 2. The molecule has 0 saturated carbocycles. The van der Waals surface area contributed by atoms with Crippen LogP contribution in [0.5, 0.6) is 0 Å². The molecule has 150 valence electrons. The molecule has 2 aromatic heterocycles. The second-order valence-electron chi connectivity index (χ2n) is 7.01. The van der Waals surface area contributed by atoms with Crippen LogP contribution in [0.4, 0.5) is 0 Å². The number of amides is 1. The molecule has 1 saturated heterocycles. The molecule has 13 heteroatoms. The molecule has 4 rings (SSSR count). The largest absolute Gasteiger partial charge is 1.00 e. The molecule has 0 aliphatic carbocycles. The second-order valence-corrected chi connectivity index (χ2v) is 10.1. The number of aromatic nitrogens is 2. The molecule has 10 nitrogen and oxygen atoms in total. The van der Waals surface area contributed by atoms with Gasteiger partial charge in [-0.1, -0.05) is 0 Å². The molecule has 2 aliphatic heterocycles. The van der Waals surface area contributed by atoms with Gasteiger partial charge in [0.25, 0.3) is 10.0 Å². The standard InChI is InChI=1S/C16H18N4O6S2.Na/c1-7(21)11-9-4-8(12(16(23)24)20(9)14(11)22)10-5-19-6-17-13(15(19)27-10)28(25,26)18(2)3;/h5-7,9,11,21H,4H2,1-3H3,(H,23,24);/q;+1/p-1/t7-,9-,11-;/m1./s1. The molecular weight excluding hydrogens is 431 g/mol. The summed E-state index contributed by atoms with van der Waals surface area (Å²) in [7, 11) is -0.972. The summed E-state index contributed by atoms with van der Waals surface area (Å²) in [6.45, 7) is 1.50. The van der Waals surface area contributed by atoms with Crippen LogP contribution >= 0.6 is 11.3 Å². The minimum Gasteiger partial charge on any atom is -0.543 e. The maximum atomic E-state index is 12.4. The van der Waals surface area contributed by atoms with Gasteiger partial charge in [0.1, 0.15) is 11.2 Å². The van der Waals surface area contributed by atoms with Gasteiger partial charge in [0.15, 0.2) is 0 Å². The van der Waals surface area contributed by atoms with Gasteiger partial charge in [0.05, 0.1) is 34.6 Å². The Labute approximate surface area is 192 Å². The number of hydrogen-bond donors (Lipinski definition) is 1. The molecule has 4 heterocycles. The number of carbonyl (C=O) groups is 2. The van der Waals surface area contributed by atoms with Crippen molar-refractivity contribution in [1.29, 1.82) is 0 Å². The number of β-lactam (4-membered cyclic amide) rings is 1. The smallest absolute Gasteiger partial charge is 0.543 e. The van der Waals surface area contributed by atoms with Gasteiger partial charge in [-0.25, -0.2) is 17.7 Å². The molecule has 0 aromatic carbocycles. The predicted octanol–water partition coefficient (Wildman–Crippen LogP) is -4.28. The average molecular weight is 448 g/mol. The number of thiazole rings is 1. The fraction of sp³-hybridized carbons (Fsp3) is 0.438. The van der Waals surface area contributed by atoms with Gasteiger partial charge in [-0.3, -0.25) is 9.20 Å². The van der Waals surface area contributed by atoms with E-state index in [4.69, 9.17) is 0 Å². The van der Waals surface area contributed by atoms with E-state index < -0.39 is 40.0 Å². The maximum Gasteiger partial charge on any atom is 1.00 e. The zero-order valence-electron chi connectivity index (χ0n) is 16.2. The number of hydrogen-bond acceptors (Lipinski definition) is 8. The Morgan fingerprint density at radius 1 is 1.45 bits per heavy atom. The summed E-state index contributed by atoms with van der Waals surface area (Å²) in [5.41, 5.74) is 0.171. The quantitative estimate of drug-likeness (QED) is 0.361. The molecule has 0 bridgehead atoms. The number of sulfonamides is 1. The number of aliphatic carboxylic acids is 1. The van der Waals surface area contributed by atoms with E-state index >= 15 is 0 Å². The molecule has 3 atom stereocenters. The van der Waals surface area contributed by atoms with E-state index in [0.29, 0.717) is 15.3 Å². The minimum atomic E-state index is -3.77. The predicted molar refractivity (Wildman–Crippen MR) is 96.3 cm³/mol.